The van der Waals surface area contributed by atoms with E-state index in [-0.39, 0.29) is 0 Å². The van der Waals surface area contributed by atoms with Gasteiger partial charge in [-0.25, -0.2) is 4.98 Å². The number of nitrogens with zero attached hydrogens (tertiary/aromatic N) is 5. The molecule has 0 radical (unpaired) electrons. The number of benzene rings is 2. The van der Waals surface area contributed by atoms with Gasteiger partial charge in [-0.3, -0.25) is 9.48 Å². The van der Waals surface area contributed by atoms with Gasteiger partial charge in [-0.15, -0.1) is 0 Å². The topological polar surface area (TPSA) is 110 Å². The number of anilines is 1. The Morgan fingerprint density at radius 3 is 2.67 bits per heavy atom. The van der Waals surface area contributed by atoms with Gasteiger partial charge in [-0.05, 0) is 36.4 Å². The molecule has 30 heavy (non-hydrogen) atoms. The molecule has 1 amide bonds. The summed E-state index contributed by atoms with van der Waals surface area (Å²) in [4.78, 5) is 15.9. The van der Waals surface area contributed by atoms with Crippen LogP contribution in [0, 0.1) is 0 Å². The lowest BCUT2D eigenvalue weighted by atomic mass is 10.1. The number of aromatic nitrogens is 5. The van der Waals surface area contributed by atoms with Crippen LogP contribution < -0.4 is 11.5 Å². The molecule has 0 aliphatic heterocycles. The average Bonchev–Trinajstić information content (AvgIpc) is 3.46. The Hall–Kier alpha value is -4.33. The molecule has 0 aliphatic carbocycles. The molecule has 5 rings (SSSR count). The summed E-state index contributed by atoms with van der Waals surface area (Å²) in [6.45, 7) is 0. The van der Waals surface area contributed by atoms with Crippen LogP contribution in [0.25, 0.3) is 33.5 Å². The van der Waals surface area contributed by atoms with Gasteiger partial charge in [0.05, 0.1) is 40.8 Å². The Morgan fingerprint density at radius 2 is 1.93 bits per heavy atom. The number of aryl methyl sites for hydroxylation is 1. The van der Waals surface area contributed by atoms with E-state index in [2.05, 4.69) is 10.1 Å². The molecule has 0 fully saturated rings. The summed E-state index contributed by atoms with van der Waals surface area (Å²) < 4.78 is 5.75. The summed E-state index contributed by atoms with van der Waals surface area (Å²) in [6, 6.07) is 13.2. The van der Waals surface area contributed by atoms with Gasteiger partial charge in [-0.1, -0.05) is 6.07 Å². The molecule has 0 spiro atoms. The van der Waals surface area contributed by atoms with Crippen LogP contribution in [0.2, 0.25) is 0 Å². The van der Waals surface area contributed by atoms with E-state index in [9.17, 15) is 4.79 Å². The van der Waals surface area contributed by atoms with E-state index in [1.54, 1.807) is 35.4 Å². The molecule has 5 aromatic rings. The number of hydrogen-bond acceptors (Lipinski definition) is 4. The van der Waals surface area contributed by atoms with Crippen molar-refractivity contribution >= 4 is 22.5 Å². The Labute approximate surface area is 172 Å². The van der Waals surface area contributed by atoms with E-state index in [1.807, 2.05) is 59.0 Å². The van der Waals surface area contributed by atoms with Crippen LogP contribution in [0.15, 0.2) is 73.6 Å². The summed E-state index contributed by atoms with van der Waals surface area (Å²) in [5, 5.41) is 5.26. The molecule has 0 bridgehead atoms. The quantitative estimate of drug-likeness (QED) is 0.454. The van der Waals surface area contributed by atoms with Gasteiger partial charge in [0.2, 0.25) is 5.91 Å². The van der Waals surface area contributed by atoms with E-state index in [4.69, 9.17) is 11.5 Å². The summed E-state index contributed by atoms with van der Waals surface area (Å²) in [7, 11) is 1.88. The first-order chi connectivity index (χ1) is 14.5. The van der Waals surface area contributed by atoms with Crippen molar-refractivity contribution in [2.24, 2.45) is 12.8 Å². The van der Waals surface area contributed by atoms with Gasteiger partial charge < -0.3 is 20.6 Å². The van der Waals surface area contributed by atoms with E-state index < -0.39 is 5.91 Å². The van der Waals surface area contributed by atoms with Crippen LogP contribution in [0.1, 0.15) is 10.4 Å². The lowest BCUT2D eigenvalue weighted by Crippen LogP contribution is -2.12. The lowest BCUT2D eigenvalue weighted by molar-refractivity contribution is 0.100. The molecule has 0 unspecified atom stereocenters. The molecular weight excluding hydrogens is 378 g/mol. The van der Waals surface area contributed by atoms with Gasteiger partial charge in [0.1, 0.15) is 0 Å². The number of nitrogen functional groups attached to an aromatic ring is 1. The maximum atomic E-state index is 11.4. The largest absolute Gasteiger partial charge is 0.397 e. The number of imidazole rings is 1. The van der Waals surface area contributed by atoms with Gasteiger partial charge in [0.25, 0.3) is 0 Å². The second-order valence-corrected chi connectivity index (χ2v) is 7.10. The number of rotatable bonds is 4. The third kappa shape index (κ3) is 2.82. The molecule has 0 saturated heterocycles. The fourth-order valence-corrected chi connectivity index (χ4v) is 3.67. The number of amides is 1. The number of carbonyl (C=O) groups is 1. The van der Waals surface area contributed by atoms with E-state index in [0.717, 1.165) is 33.5 Å². The molecule has 148 valence electrons. The number of primary amides is 1. The van der Waals surface area contributed by atoms with Crippen LogP contribution in [-0.2, 0) is 7.05 Å². The van der Waals surface area contributed by atoms with Gasteiger partial charge in [0, 0.05) is 42.2 Å². The third-order valence-corrected chi connectivity index (χ3v) is 5.14. The number of nitrogens with two attached hydrogens (primary N) is 2. The fourth-order valence-electron chi connectivity index (χ4n) is 3.67. The maximum absolute atomic E-state index is 11.4. The molecule has 3 aromatic heterocycles. The third-order valence-electron chi connectivity index (χ3n) is 5.14. The Bertz CT molecular complexity index is 1410. The Morgan fingerprint density at radius 1 is 1.07 bits per heavy atom. The lowest BCUT2D eigenvalue weighted by Gasteiger charge is -2.11. The minimum atomic E-state index is -0.502. The fraction of sp³-hybridized carbons (Fsp3) is 0.0455. The Balaban J connectivity index is 1.60. The van der Waals surface area contributed by atoms with Crippen molar-refractivity contribution in [3.05, 3.63) is 79.1 Å². The van der Waals surface area contributed by atoms with Crippen LogP contribution in [0.3, 0.4) is 0 Å². The molecule has 0 aliphatic rings. The molecular formula is C22H19N7O. The van der Waals surface area contributed by atoms with Crippen molar-refractivity contribution in [3.63, 3.8) is 0 Å². The van der Waals surface area contributed by atoms with Gasteiger partial charge >= 0.3 is 0 Å². The molecule has 8 heteroatoms. The van der Waals surface area contributed by atoms with Crippen LogP contribution in [0.5, 0.6) is 0 Å². The predicted molar refractivity (Wildman–Crippen MR) is 116 cm³/mol. The molecule has 0 atom stereocenters. The van der Waals surface area contributed by atoms with Gasteiger partial charge in [0.15, 0.2) is 0 Å². The highest BCUT2D eigenvalue weighted by Gasteiger charge is 2.13. The number of fused-ring (bicyclic) bond motifs is 1. The van der Waals surface area contributed by atoms with Crippen LogP contribution in [0.4, 0.5) is 5.69 Å². The molecule has 3 heterocycles. The van der Waals surface area contributed by atoms with Crippen molar-refractivity contribution < 1.29 is 4.79 Å². The monoisotopic (exact) mass is 397 g/mol. The zero-order valence-electron chi connectivity index (χ0n) is 16.2. The highest BCUT2D eigenvalue weighted by atomic mass is 16.1. The zero-order valence-corrected chi connectivity index (χ0v) is 16.2. The molecule has 8 nitrogen and oxygen atoms in total. The maximum Gasteiger partial charge on any atom is 0.248 e. The smallest absolute Gasteiger partial charge is 0.248 e. The summed E-state index contributed by atoms with van der Waals surface area (Å²) in [6.07, 6.45) is 9.47. The van der Waals surface area contributed by atoms with Crippen LogP contribution >= 0.6 is 0 Å². The van der Waals surface area contributed by atoms with Crippen molar-refractivity contribution in [1.29, 1.82) is 0 Å². The first-order valence-electron chi connectivity index (χ1n) is 9.34. The average molecular weight is 397 g/mol. The minimum absolute atomic E-state index is 0.384. The van der Waals surface area contributed by atoms with E-state index in [1.165, 1.54) is 0 Å². The standard InChI is InChI=1S/C22H19N7O/c1-27-11-15(10-26-27)18-12-28(13-25-18)19-3-2-4-20-16(19)7-8-29(20)21-6-5-14(22(24)30)9-17(21)23/h2-13H,23H2,1H3,(H2,24,30). The first-order valence-corrected chi connectivity index (χ1v) is 9.34. The summed E-state index contributed by atoms with van der Waals surface area (Å²) in [5.41, 5.74) is 17.0. The molecule has 4 N–H and O–H groups in total. The zero-order chi connectivity index (χ0) is 20.8. The second kappa shape index (κ2) is 6.63. The summed E-state index contributed by atoms with van der Waals surface area (Å²) >= 11 is 0. The van der Waals surface area contributed by atoms with Crippen LogP contribution in [-0.4, -0.2) is 29.8 Å². The van der Waals surface area contributed by atoms with Crippen molar-refractivity contribution in [2.75, 3.05) is 5.73 Å². The van der Waals surface area contributed by atoms with E-state index >= 15 is 0 Å². The van der Waals surface area contributed by atoms with E-state index in [0.29, 0.717) is 11.3 Å². The SMILES string of the molecule is Cn1cc(-c2cn(-c3cccc4c3ccn4-c3ccc(C(N)=O)cc3N)cn2)cn1. The minimum Gasteiger partial charge on any atom is -0.397 e. The van der Waals surface area contributed by atoms with Gasteiger partial charge in [-0.2, -0.15) is 5.10 Å². The van der Waals surface area contributed by atoms with Crippen molar-refractivity contribution in [1.82, 2.24) is 23.9 Å². The number of carbonyl (C=O) groups excluding carboxylic acids is 1. The number of hydrogen-bond donors (Lipinski definition) is 2. The molecule has 0 saturated carbocycles. The molecule has 2 aromatic carbocycles. The normalized spacial score (nSPS) is 11.2. The second-order valence-electron chi connectivity index (χ2n) is 7.10. The highest BCUT2D eigenvalue weighted by Crippen LogP contribution is 2.29. The Kier molecular flexibility index (Phi) is 3.92. The van der Waals surface area contributed by atoms with Crippen molar-refractivity contribution in [3.8, 4) is 22.6 Å². The first kappa shape index (κ1) is 17.7. The van der Waals surface area contributed by atoms with Crippen molar-refractivity contribution in [2.45, 2.75) is 0 Å². The predicted octanol–water partition coefficient (Wildman–Crippen LogP) is 2.90. The highest BCUT2D eigenvalue weighted by molar-refractivity contribution is 5.95. The summed E-state index contributed by atoms with van der Waals surface area (Å²) in [5.74, 6) is -0.502.